The number of rotatable bonds is 6. The number of aliphatic carboxylic acids is 1. The number of hydrogen-bond acceptors (Lipinski definition) is 3. The van der Waals surface area contributed by atoms with E-state index in [1.54, 1.807) is 24.3 Å². The Morgan fingerprint density at radius 1 is 1.33 bits per heavy atom. The quantitative estimate of drug-likeness (QED) is 0.799. The number of nitrogens with zero attached hydrogens (tertiary/aromatic N) is 1. The molecule has 0 radical (unpaired) electrons. The predicted octanol–water partition coefficient (Wildman–Crippen LogP) is 1.65. The van der Waals surface area contributed by atoms with E-state index in [4.69, 9.17) is 21.4 Å². The van der Waals surface area contributed by atoms with E-state index in [0.29, 0.717) is 23.9 Å². The number of likely N-dealkylation sites (N-methyl/N-ethyl adjacent to an activating group) is 1. The van der Waals surface area contributed by atoms with Crippen molar-refractivity contribution in [1.82, 2.24) is 4.90 Å². The second-order valence-corrected chi connectivity index (χ2v) is 4.12. The van der Waals surface area contributed by atoms with Crippen LogP contribution in [0.3, 0.4) is 0 Å². The van der Waals surface area contributed by atoms with E-state index in [1.165, 1.54) is 11.9 Å². The van der Waals surface area contributed by atoms with Crippen LogP contribution in [0, 0.1) is 0 Å². The highest BCUT2D eigenvalue weighted by molar-refractivity contribution is 6.30. The summed E-state index contributed by atoms with van der Waals surface area (Å²) in [6.45, 7) is 0.623. The van der Waals surface area contributed by atoms with E-state index < -0.39 is 18.3 Å². The van der Waals surface area contributed by atoms with Crippen molar-refractivity contribution in [3.63, 3.8) is 0 Å². The van der Waals surface area contributed by atoms with Gasteiger partial charge in [-0.3, -0.25) is 9.59 Å². The first kappa shape index (κ1) is 14.3. The molecule has 0 spiro atoms. The molecule has 0 atom stereocenters. The summed E-state index contributed by atoms with van der Waals surface area (Å²) in [4.78, 5) is 23.0. The Morgan fingerprint density at radius 3 is 2.50 bits per heavy atom. The minimum absolute atomic E-state index is 0.295. The third-order valence-electron chi connectivity index (χ3n) is 2.24. The molecular formula is C12H14ClNO4. The topological polar surface area (TPSA) is 66.8 Å². The first-order valence-electron chi connectivity index (χ1n) is 5.33. The lowest BCUT2D eigenvalue weighted by Crippen LogP contribution is -2.32. The highest BCUT2D eigenvalue weighted by Crippen LogP contribution is 2.15. The summed E-state index contributed by atoms with van der Waals surface area (Å²) in [5, 5.41) is 9.09. The number of amides is 1. The monoisotopic (exact) mass is 271 g/mol. The van der Waals surface area contributed by atoms with Crippen molar-refractivity contribution in [1.29, 1.82) is 0 Å². The molecule has 0 fully saturated rings. The largest absolute Gasteiger partial charge is 0.492 e. The maximum absolute atomic E-state index is 11.3. The Bertz CT molecular complexity index is 419. The molecule has 0 unspecified atom stereocenters. The van der Waals surface area contributed by atoms with Crippen LogP contribution < -0.4 is 4.74 Å². The number of ether oxygens (including phenoxy) is 1. The lowest BCUT2D eigenvalue weighted by molar-refractivity contribution is -0.143. The first-order valence-corrected chi connectivity index (χ1v) is 5.71. The summed E-state index contributed by atoms with van der Waals surface area (Å²) in [5.74, 6) is -0.925. The molecule has 6 heteroatoms. The van der Waals surface area contributed by atoms with E-state index >= 15 is 0 Å². The van der Waals surface area contributed by atoms with Gasteiger partial charge in [-0.2, -0.15) is 0 Å². The van der Waals surface area contributed by atoms with Gasteiger partial charge in [0.1, 0.15) is 18.8 Å². The fourth-order valence-electron chi connectivity index (χ4n) is 1.22. The van der Waals surface area contributed by atoms with E-state index in [9.17, 15) is 9.59 Å². The van der Waals surface area contributed by atoms with Gasteiger partial charge in [-0.1, -0.05) is 11.6 Å². The summed E-state index contributed by atoms with van der Waals surface area (Å²) in [7, 11) is 1.54. The SMILES string of the molecule is CN(CCOc1ccc(Cl)cc1)C(=O)CC(=O)O. The average molecular weight is 272 g/mol. The van der Waals surface area contributed by atoms with Crippen molar-refractivity contribution in [3.8, 4) is 5.75 Å². The molecular weight excluding hydrogens is 258 g/mol. The lowest BCUT2D eigenvalue weighted by atomic mass is 10.3. The molecule has 0 aliphatic rings. The molecule has 0 heterocycles. The number of carboxylic acid groups (broad SMARTS) is 1. The molecule has 5 nitrogen and oxygen atoms in total. The molecule has 1 rings (SSSR count). The predicted molar refractivity (Wildman–Crippen MR) is 66.8 cm³/mol. The molecule has 98 valence electrons. The second kappa shape index (κ2) is 6.86. The van der Waals surface area contributed by atoms with E-state index in [2.05, 4.69) is 0 Å². The molecule has 0 aliphatic heterocycles. The van der Waals surface area contributed by atoms with Gasteiger partial charge in [-0.25, -0.2) is 0 Å². The molecule has 1 amide bonds. The first-order chi connectivity index (χ1) is 8.49. The lowest BCUT2D eigenvalue weighted by Gasteiger charge is -2.16. The van der Waals surface area contributed by atoms with Crippen molar-refractivity contribution in [2.45, 2.75) is 6.42 Å². The van der Waals surface area contributed by atoms with Gasteiger partial charge in [-0.15, -0.1) is 0 Å². The summed E-state index contributed by atoms with van der Waals surface area (Å²) < 4.78 is 5.39. The maximum Gasteiger partial charge on any atom is 0.312 e. The van der Waals surface area contributed by atoms with Crippen molar-refractivity contribution < 1.29 is 19.4 Å². The van der Waals surface area contributed by atoms with Gasteiger partial charge >= 0.3 is 5.97 Å². The maximum atomic E-state index is 11.3. The molecule has 0 saturated heterocycles. The number of hydrogen-bond donors (Lipinski definition) is 1. The van der Waals surface area contributed by atoms with Gasteiger partial charge in [0.2, 0.25) is 5.91 Å². The summed E-state index contributed by atoms with van der Waals surface area (Å²) >= 11 is 5.72. The zero-order valence-electron chi connectivity index (χ0n) is 9.93. The minimum Gasteiger partial charge on any atom is -0.492 e. The fourth-order valence-corrected chi connectivity index (χ4v) is 1.35. The highest BCUT2D eigenvalue weighted by atomic mass is 35.5. The molecule has 1 aromatic rings. The third kappa shape index (κ3) is 5.05. The number of benzene rings is 1. The fraction of sp³-hybridized carbons (Fsp3) is 0.333. The molecule has 1 aromatic carbocycles. The minimum atomic E-state index is -1.13. The van der Waals surface area contributed by atoms with E-state index in [-0.39, 0.29) is 0 Å². The van der Waals surface area contributed by atoms with Crippen LogP contribution >= 0.6 is 11.6 Å². The Kier molecular flexibility index (Phi) is 5.45. The highest BCUT2D eigenvalue weighted by Gasteiger charge is 2.12. The zero-order chi connectivity index (χ0) is 13.5. The summed E-state index contributed by atoms with van der Waals surface area (Å²) in [5.41, 5.74) is 0. The van der Waals surface area contributed by atoms with Gasteiger partial charge in [0.25, 0.3) is 0 Å². The van der Waals surface area contributed by atoms with E-state index in [0.717, 1.165) is 0 Å². The average Bonchev–Trinajstić information content (AvgIpc) is 2.30. The van der Waals surface area contributed by atoms with Crippen LogP contribution in [0.4, 0.5) is 0 Å². The zero-order valence-corrected chi connectivity index (χ0v) is 10.7. The summed E-state index contributed by atoms with van der Waals surface area (Å²) in [6.07, 6.45) is -0.503. The van der Waals surface area contributed by atoms with Crippen molar-refractivity contribution in [3.05, 3.63) is 29.3 Å². The Hall–Kier alpha value is -1.75. The van der Waals surface area contributed by atoms with Gasteiger partial charge in [0.15, 0.2) is 0 Å². The normalized spacial score (nSPS) is 9.89. The van der Waals surface area contributed by atoms with Gasteiger partial charge in [0.05, 0.1) is 6.54 Å². The van der Waals surface area contributed by atoms with Gasteiger partial charge < -0.3 is 14.7 Å². The number of halogens is 1. The number of carbonyl (C=O) groups is 2. The van der Waals surface area contributed by atoms with Crippen LogP contribution in [0.25, 0.3) is 0 Å². The van der Waals surface area contributed by atoms with Crippen molar-refractivity contribution in [2.24, 2.45) is 0 Å². The molecule has 1 N–H and O–H groups in total. The van der Waals surface area contributed by atoms with Gasteiger partial charge in [-0.05, 0) is 24.3 Å². The summed E-state index contributed by atoms with van der Waals surface area (Å²) in [6, 6.07) is 6.86. The van der Waals surface area contributed by atoms with Gasteiger partial charge in [0, 0.05) is 12.1 Å². The van der Waals surface area contributed by atoms with Crippen molar-refractivity contribution in [2.75, 3.05) is 20.2 Å². The van der Waals surface area contributed by atoms with Crippen LogP contribution in [-0.4, -0.2) is 42.1 Å². The molecule has 18 heavy (non-hydrogen) atoms. The number of carboxylic acids is 1. The van der Waals surface area contributed by atoms with Crippen LogP contribution in [-0.2, 0) is 9.59 Å². The van der Waals surface area contributed by atoms with Crippen LogP contribution in [0.15, 0.2) is 24.3 Å². The van der Waals surface area contributed by atoms with E-state index in [1.807, 2.05) is 0 Å². The number of carbonyl (C=O) groups excluding carboxylic acids is 1. The standard InChI is InChI=1S/C12H14ClNO4/c1-14(11(15)8-12(16)17)6-7-18-10-4-2-9(13)3-5-10/h2-5H,6-8H2,1H3,(H,16,17). The Balaban J connectivity index is 2.31. The third-order valence-corrected chi connectivity index (χ3v) is 2.49. The molecule has 0 aromatic heterocycles. The smallest absolute Gasteiger partial charge is 0.312 e. The second-order valence-electron chi connectivity index (χ2n) is 3.69. The Labute approximate surface area is 110 Å². The Morgan fingerprint density at radius 2 is 1.94 bits per heavy atom. The van der Waals surface area contributed by atoms with Crippen LogP contribution in [0.2, 0.25) is 5.02 Å². The van der Waals surface area contributed by atoms with Crippen LogP contribution in [0.5, 0.6) is 5.75 Å². The molecule has 0 saturated carbocycles. The van der Waals surface area contributed by atoms with Crippen molar-refractivity contribution >= 4 is 23.5 Å². The van der Waals surface area contributed by atoms with Crippen LogP contribution in [0.1, 0.15) is 6.42 Å². The molecule has 0 bridgehead atoms. The molecule has 0 aliphatic carbocycles.